The third-order valence-electron chi connectivity index (χ3n) is 5.03. The second-order valence-corrected chi connectivity index (χ2v) is 8.61. The molecular weight excluding hydrogens is 378 g/mol. The third kappa shape index (κ3) is 5.41. The molecule has 30 heavy (non-hydrogen) atoms. The van der Waals surface area contributed by atoms with E-state index < -0.39 is 5.60 Å². The number of para-hydroxylation sites is 1. The van der Waals surface area contributed by atoms with Crippen molar-refractivity contribution in [1.29, 1.82) is 0 Å². The molecule has 0 saturated carbocycles. The number of carbonyl (C=O) groups is 2. The Balaban J connectivity index is 2.05. The second kappa shape index (κ2) is 9.33. The lowest BCUT2D eigenvalue weighted by Gasteiger charge is -2.36. The largest absolute Gasteiger partial charge is 0.463 e. The van der Waals surface area contributed by atoms with Gasteiger partial charge < -0.3 is 9.47 Å². The Hall–Kier alpha value is -2.82. The van der Waals surface area contributed by atoms with Crippen LogP contribution in [-0.2, 0) is 14.3 Å². The van der Waals surface area contributed by atoms with Gasteiger partial charge in [0, 0.05) is 24.1 Å². The highest BCUT2D eigenvalue weighted by Gasteiger charge is 2.33. The maximum atomic E-state index is 12.9. The minimum Gasteiger partial charge on any atom is -0.463 e. The summed E-state index contributed by atoms with van der Waals surface area (Å²) in [7, 11) is 0. The van der Waals surface area contributed by atoms with Gasteiger partial charge in [0.15, 0.2) is 0 Å². The zero-order chi connectivity index (χ0) is 21.7. The van der Waals surface area contributed by atoms with Crippen LogP contribution in [0.5, 0.6) is 0 Å². The third-order valence-corrected chi connectivity index (χ3v) is 5.03. The molecule has 1 atom stereocenters. The van der Waals surface area contributed by atoms with E-state index in [0.717, 1.165) is 41.7 Å². The Morgan fingerprint density at radius 2 is 2.00 bits per heavy atom. The van der Waals surface area contributed by atoms with Crippen LogP contribution >= 0.6 is 0 Å². The summed E-state index contributed by atoms with van der Waals surface area (Å²) >= 11 is 0. The van der Waals surface area contributed by atoms with Crippen molar-refractivity contribution in [3.8, 4) is 0 Å². The van der Waals surface area contributed by atoms with Gasteiger partial charge in [0.05, 0.1) is 12.3 Å². The first-order valence-electron chi connectivity index (χ1n) is 10.6. The topological polar surface area (TPSA) is 55.8 Å². The van der Waals surface area contributed by atoms with Crippen molar-refractivity contribution in [2.45, 2.75) is 52.6 Å². The highest BCUT2D eigenvalue weighted by atomic mass is 16.6. The van der Waals surface area contributed by atoms with Crippen LogP contribution in [0.25, 0.3) is 5.57 Å². The first-order chi connectivity index (χ1) is 14.3. The van der Waals surface area contributed by atoms with Gasteiger partial charge in [0.25, 0.3) is 0 Å². The van der Waals surface area contributed by atoms with Gasteiger partial charge >= 0.3 is 12.1 Å². The lowest BCUT2D eigenvalue weighted by Crippen LogP contribution is -2.42. The van der Waals surface area contributed by atoms with Crippen molar-refractivity contribution in [3.05, 3.63) is 59.7 Å². The highest BCUT2D eigenvalue weighted by Crippen LogP contribution is 2.40. The van der Waals surface area contributed by atoms with Crippen LogP contribution < -0.4 is 4.90 Å². The number of benzene rings is 1. The van der Waals surface area contributed by atoms with E-state index in [4.69, 9.17) is 9.47 Å². The first kappa shape index (κ1) is 21.9. The molecule has 5 heteroatoms. The molecule has 0 N–H and O–H groups in total. The Labute approximate surface area is 179 Å². The quantitative estimate of drug-likeness (QED) is 0.359. The lowest BCUT2D eigenvalue weighted by molar-refractivity contribution is -0.137. The van der Waals surface area contributed by atoms with E-state index in [1.165, 1.54) is 0 Å². The van der Waals surface area contributed by atoms with Gasteiger partial charge in [-0.1, -0.05) is 36.4 Å². The van der Waals surface area contributed by atoms with Gasteiger partial charge in [0.1, 0.15) is 5.60 Å². The summed E-state index contributed by atoms with van der Waals surface area (Å²) in [6, 6.07) is 7.87. The molecule has 0 fully saturated rings. The Morgan fingerprint density at radius 1 is 1.23 bits per heavy atom. The van der Waals surface area contributed by atoms with Crippen LogP contribution in [0, 0.1) is 5.92 Å². The van der Waals surface area contributed by atoms with Gasteiger partial charge in [-0.25, -0.2) is 9.59 Å². The smallest absolute Gasteiger partial charge is 0.414 e. The number of anilines is 1. The molecule has 1 unspecified atom stereocenters. The summed E-state index contributed by atoms with van der Waals surface area (Å²) in [5.41, 5.74) is 3.32. The molecule has 1 amide bonds. The van der Waals surface area contributed by atoms with Crippen molar-refractivity contribution in [1.82, 2.24) is 0 Å². The average Bonchev–Trinajstić information content (AvgIpc) is 2.76. The first-order valence-corrected chi connectivity index (χ1v) is 10.6. The van der Waals surface area contributed by atoms with Crippen molar-refractivity contribution in [2.24, 2.45) is 5.92 Å². The number of rotatable bonds is 2. The normalized spacial score (nSPS) is 23.1. The summed E-state index contributed by atoms with van der Waals surface area (Å²) in [6.45, 7) is 8.29. The summed E-state index contributed by atoms with van der Waals surface area (Å²) < 4.78 is 10.8. The van der Waals surface area contributed by atoms with Crippen molar-refractivity contribution in [3.63, 3.8) is 0 Å². The molecule has 0 saturated heterocycles. The van der Waals surface area contributed by atoms with E-state index in [9.17, 15) is 9.59 Å². The zero-order valence-corrected chi connectivity index (χ0v) is 18.3. The SMILES string of the molecule is CCOC(=O)/C=C1/C=C2/c3ccccc3N(C(=O)OC(C)(C)C)CC2/C=C\CCC1. The fourth-order valence-electron chi connectivity index (χ4n) is 3.79. The number of hydrogen-bond acceptors (Lipinski definition) is 4. The summed E-state index contributed by atoms with van der Waals surface area (Å²) in [6.07, 6.45) is 10.4. The minimum absolute atomic E-state index is 0.0242. The van der Waals surface area contributed by atoms with E-state index in [-0.39, 0.29) is 18.0 Å². The van der Waals surface area contributed by atoms with Gasteiger partial charge in [-0.15, -0.1) is 0 Å². The molecule has 3 rings (SSSR count). The predicted octanol–water partition coefficient (Wildman–Crippen LogP) is 5.67. The van der Waals surface area contributed by atoms with E-state index in [1.54, 1.807) is 17.9 Å². The number of nitrogens with zero attached hydrogens (tertiary/aromatic N) is 1. The summed E-state index contributed by atoms with van der Waals surface area (Å²) in [5.74, 6) is -0.288. The number of carbonyl (C=O) groups excluding carboxylic acids is 2. The molecule has 1 aromatic rings. The monoisotopic (exact) mass is 409 g/mol. The Morgan fingerprint density at radius 3 is 2.73 bits per heavy atom. The fraction of sp³-hybridized carbons (Fsp3) is 0.440. The van der Waals surface area contributed by atoms with Crippen LogP contribution in [0.15, 0.2) is 54.1 Å². The molecular formula is C25H31NO4. The fourth-order valence-corrected chi connectivity index (χ4v) is 3.79. The van der Waals surface area contributed by atoms with Crippen LogP contribution in [0.1, 0.15) is 52.5 Å². The van der Waals surface area contributed by atoms with Gasteiger partial charge in [-0.05, 0) is 64.2 Å². The molecule has 0 spiro atoms. The molecule has 5 nitrogen and oxygen atoms in total. The van der Waals surface area contributed by atoms with E-state index in [0.29, 0.717) is 13.2 Å². The molecule has 0 bridgehead atoms. The molecule has 1 aromatic carbocycles. The Bertz CT molecular complexity index is 889. The van der Waals surface area contributed by atoms with Crippen LogP contribution in [0.4, 0.5) is 10.5 Å². The predicted molar refractivity (Wildman–Crippen MR) is 119 cm³/mol. The summed E-state index contributed by atoms with van der Waals surface area (Å²) in [4.78, 5) is 26.7. The van der Waals surface area contributed by atoms with Crippen LogP contribution in [0.3, 0.4) is 0 Å². The van der Waals surface area contributed by atoms with E-state index in [2.05, 4.69) is 18.2 Å². The number of ether oxygens (including phenoxy) is 2. The van der Waals surface area contributed by atoms with E-state index in [1.807, 2.05) is 45.0 Å². The molecule has 1 heterocycles. The van der Waals surface area contributed by atoms with Crippen molar-refractivity contribution < 1.29 is 19.1 Å². The summed E-state index contributed by atoms with van der Waals surface area (Å²) in [5, 5.41) is 0. The molecule has 1 aliphatic carbocycles. The number of esters is 1. The second-order valence-electron chi connectivity index (χ2n) is 8.61. The van der Waals surface area contributed by atoms with Crippen molar-refractivity contribution in [2.75, 3.05) is 18.1 Å². The highest BCUT2D eigenvalue weighted by molar-refractivity contribution is 5.96. The van der Waals surface area contributed by atoms with Gasteiger partial charge in [-0.3, -0.25) is 4.90 Å². The zero-order valence-electron chi connectivity index (χ0n) is 18.3. The van der Waals surface area contributed by atoms with Crippen LogP contribution in [-0.4, -0.2) is 30.8 Å². The van der Waals surface area contributed by atoms with Gasteiger partial charge in [0.2, 0.25) is 0 Å². The number of amides is 1. The van der Waals surface area contributed by atoms with E-state index >= 15 is 0 Å². The number of allylic oxidation sites excluding steroid dienone is 3. The molecule has 0 aromatic heterocycles. The average molecular weight is 410 g/mol. The lowest BCUT2D eigenvalue weighted by atomic mass is 9.85. The standard InChI is InChI=1S/C25H31NO4/c1-5-29-23(27)16-18-11-7-6-8-12-19-17-26(24(28)30-25(2,3)4)22-14-10-9-13-20(22)21(19)15-18/h8-10,12-16,19H,5-7,11,17H2,1-4H3/b12-8-,18-16+,21-15+. The maximum Gasteiger partial charge on any atom is 0.414 e. The van der Waals surface area contributed by atoms with Gasteiger partial charge in [-0.2, -0.15) is 0 Å². The molecule has 2 aliphatic rings. The van der Waals surface area contributed by atoms with Crippen LogP contribution in [0.2, 0.25) is 0 Å². The maximum absolute atomic E-state index is 12.9. The Kier molecular flexibility index (Phi) is 6.80. The van der Waals surface area contributed by atoms with Crippen molar-refractivity contribution >= 4 is 23.3 Å². The number of hydrogen-bond donors (Lipinski definition) is 0. The molecule has 1 aliphatic heterocycles. The number of fused-ring (bicyclic) bond motifs is 3. The minimum atomic E-state index is -0.564. The molecule has 160 valence electrons. The molecule has 0 radical (unpaired) electrons.